The van der Waals surface area contributed by atoms with Crippen molar-refractivity contribution in [3.63, 3.8) is 0 Å². The van der Waals surface area contributed by atoms with Crippen molar-refractivity contribution in [3.05, 3.63) is 29.6 Å². The Morgan fingerprint density at radius 1 is 1.38 bits per heavy atom. The van der Waals surface area contributed by atoms with Crippen molar-refractivity contribution >= 4 is 11.7 Å². The largest absolute Gasteiger partial charge is 0.478 e. The highest BCUT2D eigenvalue weighted by molar-refractivity contribution is 5.88. The van der Waals surface area contributed by atoms with Crippen LogP contribution in [0, 0.1) is 11.2 Å². The van der Waals surface area contributed by atoms with E-state index in [0.717, 1.165) is 6.07 Å². The minimum atomic E-state index is -1.13. The molecule has 0 saturated heterocycles. The molecule has 0 spiro atoms. The molecule has 0 aromatic heterocycles. The second-order valence-electron chi connectivity index (χ2n) is 4.95. The topological polar surface area (TPSA) is 49.3 Å². The molecular formula is C12H16FNO2. The van der Waals surface area contributed by atoms with Gasteiger partial charge in [-0.3, -0.25) is 0 Å². The predicted octanol–water partition coefficient (Wildman–Crippen LogP) is 2.98. The van der Waals surface area contributed by atoms with Crippen LogP contribution in [0.3, 0.4) is 0 Å². The molecule has 1 aromatic rings. The molecule has 3 nitrogen and oxygen atoms in total. The number of carbonyl (C=O) groups is 1. The Labute approximate surface area is 94.3 Å². The second-order valence-corrected chi connectivity index (χ2v) is 4.95. The average Bonchev–Trinajstić information content (AvgIpc) is 2.13. The molecule has 0 amide bonds. The minimum Gasteiger partial charge on any atom is -0.478 e. The molecule has 0 saturated carbocycles. The maximum absolute atomic E-state index is 13.1. The fourth-order valence-electron chi connectivity index (χ4n) is 1.18. The number of carboxylic acid groups (broad SMARTS) is 1. The highest BCUT2D eigenvalue weighted by Gasteiger charge is 2.11. The molecule has 1 aromatic carbocycles. The number of anilines is 1. The summed E-state index contributed by atoms with van der Waals surface area (Å²) in [5.41, 5.74) is 0.499. The van der Waals surface area contributed by atoms with Crippen LogP contribution in [-0.4, -0.2) is 17.6 Å². The number of carboxylic acids is 1. The van der Waals surface area contributed by atoms with E-state index in [0.29, 0.717) is 12.2 Å². The van der Waals surface area contributed by atoms with E-state index in [9.17, 15) is 9.18 Å². The summed E-state index contributed by atoms with van der Waals surface area (Å²) in [5, 5.41) is 11.8. The molecular weight excluding hydrogens is 209 g/mol. The zero-order chi connectivity index (χ0) is 12.3. The van der Waals surface area contributed by atoms with Crippen LogP contribution in [-0.2, 0) is 0 Å². The number of hydrogen-bond donors (Lipinski definition) is 2. The standard InChI is InChI=1S/C12H16FNO2/c1-12(2,3)7-14-10-5-8(11(15)16)4-9(13)6-10/h4-6,14H,7H2,1-3H3,(H,15,16). The Bertz CT molecular complexity index is 396. The molecule has 2 N–H and O–H groups in total. The van der Waals surface area contributed by atoms with Crippen LogP contribution in [0.25, 0.3) is 0 Å². The van der Waals surface area contributed by atoms with Crippen molar-refractivity contribution in [1.29, 1.82) is 0 Å². The minimum absolute atomic E-state index is 0.0450. The third-order valence-electron chi connectivity index (χ3n) is 1.97. The van der Waals surface area contributed by atoms with Gasteiger partial charge in [-0.2, -0.15) is 0 Å². The first-order valence-corrected chi connectivity index (χ1v) is 5.06. The monoisotopic (exact) mass is 225 g/mol. The Hall–Kier alpha value is -1.58. The fraction of sp³-hybridized carbons (Fsp3) is 0.417. The van der Waals surface area contributed by atoms with Gasteiger partial charge >= 0.3 is 5.97 Å². The maximum Gasteiger partial charge on any atom is 0.335 e. The average molecular weight is 225 g/mol. The van der Waals surface area contributed by atoms with Crippen LogP contribution >= 0.6 is 0 Å². The fourth-order valence-corrected chi connectivity index (χ4v) is 1.18. The van der Waals surface area contributed by atoms with Gasteiger partial charge in [-0.1, -0.05) is 20.8 Å². The molecule has 16 heavy (non-hydrogen) atoms. The van der Waals surface area contributed by atoms with Crippen LogP contribution in [0.4, 0.5) is 10.1 Å². The van der Waals surface area contributed by atoms with Gasteiger partial charge in [0.05, 0.1) is 5.56 Å². The molecule has 0 aliphatic heterocycles. The number of nitrogens with one attached hydrogen (secondary N) is 1. The number of aromatic carboxylic acids is 1. The lowest BCUT2D eigenvalue weighted by molar-refractivity contribution is 0.0696. The van der Waals surface area contributed by atoms with Crippen LogP contribution in [0.5, 0.6) is 0 Å². The van der Waals surface area contributed by atoms with Crippen LogP contribution in [0.15, 0.2) is 18.2 Å². The predicted molar refractivity (Wildman–Crippen MR) is 61.3 cm³/mol. The van der Waals surface area contributed by atoms with Gasteiger partial charge in [0.2, 0.25) is 0 Å². The zero-order valence-electron chi connectivity index (χ0n) is 9.67. The normalized spacial score (nSPS) is 11.2. The van der Waals surface area contributed by atoms with Crippen LogP contribution in [0.2, 0.25) is 0 Å². The first kappa shape index (κ1) is 12.5. The molecule has 4 heteroatoms. The summed E-state index contributed by atoms with van der Waals surface area (Å²) in [6, 6.07) is 3.72. The molecule has 0 atom stereocenters. The van der Waals surface area contributed by atoms with E-state index in [1.54, 1.807) is 0 Å². The highest BCUT2D eigenvalue weighted by atomic mass is 19.1. The Morgan fingerprint density at radius 3 is 2.50 bits per heavy atom. The zero-order valence-corrected chi connectivity index (χ0v) is 9.67. The molecule has 88 valence electrons. The summed E-state index contributed by atoms with van der Waals surface area (Å²) >= 11 is 0. The van der Waals surface area contributed by atoms with E-state index < -0.39 is 11.8 Å². The van der Waals surface area contributed by atoms with Gasteiger partial charge in [0.1, 0.15) is 5.82 Å². The number of hydrogen-bond acceptors (Lipinski definition) is 2. The van der Waals surface area contributed by atoms with Crippen molar-refractivity contribution in [1.82, 2.24) is 0 Å². The SMILES string of the molecule is CC(C)(C)CNc1cc(F)cc(C(=O)O)c1. The summed E-state index contributed by atoms with van der Waals surface area (Å²) < 4.78 is 13.1. The van der Waals surface area contributed by atoms with Crippen LogP contribution in [0.1, 0.15) is 31.1 Å². The van der Waals surface area contributed by atoms with E-state index >= 15 is 0 Å². The molecule has 1 rings (SSSR count). The van der Waals surface area contributed by atoms with Gasteiger partial charge in [-0.05, 0) is 23.6 Å². The van der Waals surface area contributed by atoms with Crippen molar-refractivity contribution in [2.45, 2.75) is 20.8 Å². The number of halogens is 1. The van der Waals surface area contributed by atoms with E-state index in [-0.39, 0.29) is 11.0 Å². The highest BCUT2D eigenvalue weighted by Crippen LogP contribution is 2.18. The maximum atomic E-state index is 13.1. The van der Waals surface area contributed by atoms with E-state index in [4.69, 9.17) is 5.11 Å². The van der Waals surface area contributed by atoms with Gasteiger partial charge in [-0.25, -0.2) is 9.18 Å². The van der Waals surface area contributed by atoms with Gasteiger partial charge in [0.25, 0.3) is 0 Å². The van der Waals surface area contributed by atoms with Gasteiger partial charge < -0.3 is 10.4 Å². The van der Waals surface area contributed by atoms with E-state index in [1.807, 2.05) is 20.8 Å². The van der Waals surface area contributed by atoms with Gasteiger partial charge in [0.15, 0.2) is 0 Å². The number of rotatable bonds is 3. The lowest BCUT2D eigenvalue weighted by Crippen LogP contribution is -2.19. The molecule has 0 heterocycles. The third kappa shape index (κ3) is 3.88. The molecule has 0 fully saturated rings. The first-order valence-electron chi connectivity index (χ1n) is 5.06. The van der Waals surface area contributed by atoms with Crippen molar-refractivity contribution in [2.24, 2.45) is 5.41 Å². The molecule has 0 radical (unpaired) electrons. The smallest absolute Gasteiger partial charge is 0.335 e. The van der Waals surface area contributed by atoms with E-state index in [1.165, 1.54) is 12.1 Å². The quantitative estimate of drug-likeness (QED) is 0.831. The van der Waals surface area contributed by atoms with Crippen LogP contribution < -0.4 is 5.32 Å². The molecule has 0 bridgehead atoms. The lowest BCUT2D eigenvalue weighted by Gasteiger charge is -2.19. The first-order chi connectivity index (χ1) is 7.28. The van der Waals surface area contributed by atoms with Gasteiger partial charge in [-0.15, -0.1) is 0 Å². The summed E-state index contributed by atoms with van der Waals surface area (Å²) in [7, 11) is 0. The summed E-state index contributed by atoms with van der Waals surface area (Å²) in [6.45, 7) is 6.77. The molecule has 0 aliphatic rings. The Balaban J connectivity index is 2.85. The molecule has 0 aliphatic carbocycles. The Morgan fingerprint density at radius 2 is 2.00 bits per heavy atom. The van der Waals surface area contributed by atoms with Crippen molar-refractivity contribution < 1.29 is 14.3 Å². The second kappa shape index (κ2) is 4.51. The lowest BCUT2D eigenvalue weighted by atomic mass is 9.97. The van der Waals surface area contributed by atoms with Crippen molar-refractivity contribution in [3.8, 4) is 0 Å². The van der Waals surface area contributed by atoms with E-state index in [2.05, 4.69) is 5.32 Å². The third-order valence-corrected chi connectivity index (χ3v) is 1.97. The summed E-state index contributed by atoms with van der Waals surface area (Å²) in [4.78, 5) is 10.7. The summed E-state index contributed by atoms with van der Waals surface area (Å²) in [5.74, 6) is -1.67. The van der Waals surface area contributed by atoms with Crippen molar-refractivity contribution in [2.75, 3.05) is 11.9 Å². The Kier molecular flexibility index (Phi) is 3.52. The summed E-state index contributed by atoms with van der Waals surface area (Å²) in [6.07, 6.45) is 0. The van der Waals surface area contributed by atoms with Gasteiger partial charge in [0, 0.05) is 12.2 Å². The molecule has 0 unspecified atom stereocenters. The number of benzene rings is 1.